The van der Waals surface area contributed by atoms with Crippen molar-refractivity contribution in [2.75, 3.05) is 5.32 Å². The highest BCUT2D eigenvalue weighted by Gasteiger charge is 2.28. The molecule has 2 aromatic rings. The van der Waals surface area contributed by atoms with Gasteiger partial charge in [-0.1, -0.05) is 18.2 Å². The maximum atomic E-state index is 12.8. The molecule has 10 heteroatoms. The Morgan fingerprint density at radius 1 is 1.18 bits per heavy atom. The van der Waals surface area contributed by atoms with Gasteiger partial charge < -0.3 is 15.5 Å². The smallest absolute Gasteiger partial charge is 0.317 e. The van der Waals surface area contributed by atoms with E-state index in [0.717, 1.165) is 11.8 Å². The summed E-state index contributed by atoms with van der Waals surface area (Å²) < 4.78 is 3.02. The summed E-state index contributed by atoms with van der Waals surface area (Å²) in [5.74, 6) is -3.15. The Balaban J connectivity index is 2.23. The zero-order valence-corrected chi connectivity index (χ0v) is 16.4. The van der Waals surface area contributed by atoms with E-state index in [0.29, 0.717) is 11.4 Å². The lowest BCUT2D eigenvalue weighted by Gasteiger charge is -2.15. The first kappa shape index (κ1) is 21.3. The molecule has 1 amide bonds. The number of rotatable bonds is 8. The van der Waals surface area contributed by atoms with Gasteiger partial charge in [0, 0.05) is 7.05 Å². The van der Waals surface area contributed by atoms with E-state index in [1.165, 1.54) is 11.6 Å². The molecule has 0 spiro atoms. The van der Waals surface area contributed by atoms with Gasteiger partial charge in [-0.3, -0.25) is 23.9 Å². The predicted octanol–water partition coefficient (Wildman–Crippen LogP) is 1.47. The molecule has 28 heavy (non-hydrogen) atoms. The van der Waals surface area contributed by atoms with Gasteiger partial charge in [-0.15, -0.1) is 11.8 Å². The van der Waals surface area contributed by atoms with E-state index >= 15 is 0 Å². The van der Waals surface area contributed by atoms with Crippen molar-refractivity contribution in [2.45, 2.75) is 30.8 Å². The topological polar surface area (TPSA) is 131 Å². The molecule has 150 valence electrons. The molecule has 0 aliphatic heterocycles. The molecule has 9 nitrogen and oxygen atoms in total. The lowest BCUT2D eigenvalue weighted by molar-refractivity contribution is -0.142. The number of nitrogens with one attached hydrogen (secondary N) is 1. The molecule has 0 saturated heterocycles. The summed E-state index contributed by atoms with van der Waals surface area (Å²) in [6.07, 6.45) is -0.608. The van der Waals surface area contributed by atoms with Gasteiger partial charge in [0.1, 0.15) is 10.9 Å². The number of para-hydroxylation sites is 1. The molecule has 1 aromatic heterocycles. The number of carboxylic acid groups (broad SMARTS) is 2. The van der Waals surface area contributed by atoms with Crippen LogP contribution in [0.4, 0.5) is 5.69 Å². The van der Waals surface area contributed by atoms with Crippen LogP contribution in [0.1, 0.15) is 19.0 Å². The average Bonchev–Trinajstić information content (AvgIpc) is 2.84. The number of anilines is 1. The van der Waals surface area contributed by atoms with Gasteiger partial charge in [-0.25, -0.2) is 4.68 Å². The van der Waals surface area contributed by atoms with Crippen LogP contribution in [0.3, 0.4) is 0 Å². The zero-order chi connectivity index (χ0) is 21.0. The largest absolute Gasteiger partial charge is 0.481 e. The van der Waals surface area contributed by atoms with E-state index in [-0.39, 0.29) is 5.69 Å². The van der Waals surface area contributed by atoms with Crippen molar-refractivity contribution in [2.24, 2.45) is 7.05 Å². The summed E-state index contributed by atoms with van der Waals surface area (Å²) in [7, 11) is 1.69. The number of benzene rings is 1. The SMILES string of the molecule is Cc1c(NC(=O)[C@@H](C)S[C@@H](CC(=O)O)C(=O)O)c(=O)n(-c2ccccc2)n1C. The first-order chi connectivity index (χ1) is 13.1. The van der Waals surface area contributed by atoms with E-state index in [4.69, 9.17) is 10.2 Å². The van der Waals surface area contributed by atoms with Crippen LogP contribution < -0.4 is 10.9 Å². The number of thioether (sulfide) groups is 1. The summed E-state index contributed by atoms with van der Waals surface area (Å²) >= 11 is 0.720. The minimum Gasteiger partial charge on any atom is -0.481 e. The Morgan fingerprint density at radius 3 is 2.32 bits per heavy atom. The normalized spacial score (nSPS) is 13.0. The molecular formula is C18H21N3O6S. The summed E-state index contributed by atoms with van der Waals surface area (Å²) in [6.45, 7) is 3.14. The molecule has 0 bridgehead atoms. The number of aromatic nitrogens is 2. The Labute approximate surface area is 164 Å². The number of hydrogen-bond acceptors (Lipinski definition) is 5. The number of nitrogens with zero attached hydrogens (tertiary/aromatic N) is 2. The quantitative estimate of drug-likeness (QED) is 0.604. The molecule has 0 saturated carbocycles. The molecule has 3 N–H and O–H groups in total. The second-order valence-electron chi connectivity index (χ2n) is 6.13. The number of carbonyl (C=O) groups excluding carboxylic acids is 1. The van der Waals surface area contributed by atoms with Crippen molar-refractivity contribution >= 4 is 35.3 Å². The highest BCUT2D eigenvalue weighted by atomic mass is 32.2. The number of amides is 1. The summed E-state index contributed by atoms with van der Waals surface area (Å²) in [5, 5.41) is 18.3. The third-order valence-corrected chi connectivity index (χ3v) is 5.49. The molecule has 2 atom stereocenters. The highest BCUT2D eigenvalue weighted by Crippen LogP contribution is 2.23. The van der Waals surface area contributed by atoms with Crippen molar-refractivity contribution in [3.05, 3.63) is 46.4 Å². The lowest BCUT2D eigenvalue weighted by Crippen LogP contribution is -2.30. The number of aliphatic carboxylic acids is 2. The van der Waals surface area contributed by atoms with Gasteiger partial charge in [-0.05, 0) is 26.0 Å². The monoisotopic (exact) mass is 407 g/mol. The van der Waals surface area contributed by atoms with Crippen molar-refractivity contribution < 1.29 is 24.6 Å². The van der Waals surface area contributed by atoms with E-state index in [1.807, 2.05) is 6.07 Å². The molecule has 1 heterocycles. The van der Waals surface area contributed by atoms with Crippen LogP contribution in [0, 0.1) is 6.92 Å². The summed E-state index contributed by atoms with van der Waals surface area (Å²) in [6, 6.07) is 8.91. The molecule has 0 fully saturated rings. The third kappa shape index (κ3) is 4.63. The number of carboxylic acids is 2. The van der Waals surface area contributed by atoms with Gasteiger partial charge in [0.2, 0.25) is 5.91 Å². The molecule has 0 radical (unpaired) electrons. The molecule has 2 rings (SSSR count). The van der Waals surface area contributed by atoms with Crippen LogP contribution in [-0.4, -0.2) is 47.9 Å². The van der Waals surface area contributed by atoms with Gasteiger partial charge in [0.15, 0.2) is 0 Å². The fourth-order valence-electron chi connectivity index (χ4n) is 2.60. The lowest BCUT2D eigenvalue weighted by atomic mass is 10.3. The fraction of sp³-hybridized carbons (Fsp3) is 0.333. The van der Waals surface area contributed by atoms with Crippen LogP contribution >= 0.6 is 11.8 Å². The maximum absolute atomic E-state index is 12.8. The Kier molecular flexibility index (Phi) is 6.68. The van der Waals surface area contributed by atoms with Crippen LogP contribution in [0.25, 0.3) is 5.69 Å². The third-order valence-electron chi connectivity index (χ3n) is 4.18. The molecule has 0 unspecified atom stereocenters. The van der Waals surface area contributed by atoms with Crippen molar-refractivity contribution in [1.82, 2.24) is 9.36 Å². The highest BCUT2D eigenvalue weighted by molar-refractivity contribution is 8.01. The first-order valence-corrected chi connectivity index (χ1v) is 9.32. The molecule has 0 aliphatic carbocycles. The summed E-state index contributed by atoms with van der Waals surface area (Å²) in [5.41, 5.74) is 0.833. The Morgan fingerprint density at radius 2 is 1.79 bits per heavy atom. The van der Waals surface area contributed by atoms with E-state index < -0.39 is 40.3 Å². The summed E-state index contributed by atoms with van der Waals surface area (Å²) in [4.78, 5) is 47.3. The Hall–Kier alpha value is -3.01. The van der Waals surface area contributed by atoms with E-state index in [2.05, 4.69) is 5.32 Å². The molecule has 1 aromatic carbocycles. The Bertz CT molecular complexity index is 950. The minimum absolute atomic E-state index is 0.0916. The van der Waals surface area contributed by atoms with Crippen molar-refractivity contribution in [1.29, 1.82) is 0 Å². The van der Waals surface area contributed by atoms with Crippen molar-refractivity contribution in [3.8, 4) is 5.69 Å². The van der Waals surface area contributed by atoms with Gasteiger partial charge in [0.05, 0.1) is 23.1 Å². The molecule has 0 aliphatic rings. The van der Waals surface area contributed by atoms with Gasteiger partial charge in [-0.2, -0.15) is 0 Å². The van der Waals surface area contributed by atoms with E-state index in [1.54, 1.807) is 42.9 Å². The average molecular weight is 407 g/mol. The van der Waals surface area contributed by atoms with Gasteiger partial charge >= 0.3 is 11.9 Å². The zero-order valence-electron chi connectivity index (χ0n) is 15.6. The first-order valence-electron chi connectivity index (χ1n) is 8.38. The fourth-order valence-corrected chi connectivity index (χ4v) is 3.63. The number of hydrogen-bond donors (Lipinski definition) is 3. The standard InChI is InChI=1S/C18H21N3O6S/c1-10-15(17(25)21(20(10)3)12-7-5-4-6-8-12)19-16(24)11(2)28-13(18(26)27)9-14(22)23/h4-8,11,13H,9H2,1-3H3,(H,19,24)(H,22,23)(H,26,27)/t11-,13+/m1/s1. The second kappa shape index (κ2) is 8.79. The van der Waals surface area contributed by atoms with Crippen LogP contribution in [-0.2, 0) is 21.4 Å². The van der Waals surface area contributed by atoms with Crippen LogP contribution in [0.2, 0.25) is 0 Å². The van der Waals surface area contributed by atoms with Crippen LogP contribution in [0.5, 0.6) is 0 Å². The van der Waals surface area contributed by atoms with E-state index in [9.17, 15) is 19.2 Å². The van der Waals surface area contributed by atoms with Gasteiger partial charge in [0.25, 0.3) is 5.56 Å². The van der Waals surface area contributed by atoms with Crippen LogP contribution in [0.15, 0.2) is 35.1 Å². The van der Waals surface area contributed by atoms with Crippen molar-refractivity contribution in [3.63, 3.8) is 0 Å². The molecular weight excluding hydrogens is 386 g/mol. The second-order valence-corrected chi connectivity index (χ2v) is 7.68. The predicted molar refractivity (Wildman–Crippen MR) is 105 cm³/mol. The minimum atomic E-state index is -1.31. The maximum Gasteiger partial charge on any atom is 0.317 e. The number of carbonyl (C=O) groups is 3.